The first-order valence-electron chi connectivity index (χ1n) is 6.91. The van der Waals surface area contributed by atoms with E-state index >= 15 is 0 Å². The monoisotopic (exact) mass is 335 g/mol. The van der Waals surface area contributed by atoms with Gasteiger partial charge < -0.3 is 10.2 Å². The summed E-state index contributed by atoms with van der Waals surface area (Å²) in [6.45, 7) is 2.39. The molecule has 0 unspecified atom stereocenters. The molecule has 1 saturated heterocycles. The number of nitrogens with zero attached hydrogens (tertiary/aromatic N) is 2. The Kier molecular flexibility index (Phi) is 5.42. The smallest absolute Gasteiger partial charge is 0.224 e. The second-order valence-electron chi connectivity index (χ2n) is 4.96. The van der Waals surface area contributed by atoms with Gasteiger partial charge in [0.05, 0.1) is 11.6 Å². The van der Waals surface area contributed by atoms with Crippen molar-refractivity contribution in [3.63, 3.8) is 0 Å². The number of amides is 1. The average molecular weight is 336 g/mol. The molecule has 0 saturated carbocycles. The summed E-state index contributed by atoms with van der Waals surface area (Å²) < 4.78 is 0.862. The van der Waals surface area contributed by atoms with Gasteiger partial charge in [-0.2, -0.15) is 5.26 Å². The fourth-order valence-corrected chi connectivity index (χ4v) is 2.86. The molecule has 1 aromatic rings. The van der Waals surface area contributed by atoms with E-state index in [1.165, 1.54) is 6.42 Å². The van der Waals surface area contributed by atoms with Gasteiger partial charge in [0.2, 0.25) is 5.91 Å². The van der Waals surface area contributed by atoms with Gasteiger partial charge in [-0.3, -0.25) is 4.79 Å². The molecule has 20 heavy (non-hydrogen) atoms. The molecule has 1 aromatic carbocycles. The van der Waals surface area contributed by atoms with Crippen LogP contribution < -0.4 is 5.32 Å². The highest BCUT2D eigenvalue weighted by Gasteiger charge is 2.15. The number of carbonyl (C=O) groups is 1. The summed E-state index contributed by atoms with van der Waals surface area (Å²) in [6.07, 6.45) is 3.97. The summed E-state index contributed by atoms with van der Waals surface area (Å²) in [6, 6.07) is 7.58. The molecule has 106 valence electrons. The molecular weight excluding hydrogens is 318 g/mol. The molecule has 1 aliphatic heterocycles. The number of hydrogen-bond acceptors (Lipinski definition) is 3. The zero-order valence-corrected chi connectivity index (χ0v) is 12.9. The van der Waals surface area contributed by atoms with Gasteiger partial charge in [0, 0.05) is 36.2 Å². The van der Waals surface area contributed by atoms with Crippen LogP contribution in [0.2, 0.25) is 0 Å². The highest BCUT2D eigenvalue weighted by atomic mass is 79.9. The summed E-state index contributed by atoms with van der Waals surface area (Å²) >= 11 is 3.37. The molecule has 0 spiro atoms. The number of anilines is 1. The number of piperidine rings is 1. The van der Waals surface area contributed by atoms with Crippen molar-refractivity contribution in [3.8, 4) is 6.07 Å². The first-order valence-corrected chi connectivity index (χ1v) is 7.70. The fourth-order valence-electron chi connectivity index (χ4n) is 2.37. The summed E-state index contributed by atoms with van der Waals surface area (Å²) in [4.78, 5) is 14.0. The molecule has 1 heterocycles. The van der Waals surface area contributed by atoms with Crippen molar-refractivity contribution in [2.24, 2.45) is 0 Å². The van der Waals surface area contributed by atoms with E-state index in [2.05, 4.69) is 27.3 Å². The predicted octanol–water partition coefficient (Wildman–Crippen LogP) is 3.14. The molecule has 1 amide bonds. The second kappa shape index (κ2) is 7.30. The van der Waals surface area contributed by atoms with Crippen LogP contribution in [0.3, 0.4) is 0 Å². The molecule has 0 aliphatic carbocycles. The Morgan fingerprint density at radius 3 is 2.75 bits per heavy atom. The Morgan fingerprint density at radius 2 is 2.05 bits per heavy atom. The van der Waals surface area contributed by atoms with E-state index < -0.39 is 0 Å². The lowest BCUT2D eigenvalue weighted by molar-refractivity contribution is -0.131. The topological polar surface area (TPSA) is 56.1 Å². The van der Waals surface area contributed by atoms with Crippen molar-refractivity contribution in [1.82, 2.24) is 4.90 Å². The Balaban J connectivity index is 1.82. The van der Waals surface area contributed by atoms with Gasteiger partial charge in [0.25, 0.3) is 0 Å². The van der Waals surface area contributed by atoms with Gasteiger partial charge in [-0.1, -0.05) is 15.9 Å². The molecule has 2 rings (SSSR count). The minimum atomic E-state index is 0.215. The van der Waals surface area contributed by atoms with Crippen LogP contribution >= 0.6 is 15.9 Å². The van der Waals surface area contributed by atoms with Crippen LogP contribution in [0.4, 0.5) is 5.69 Å². The fraction of sp³-hybridized carbons (Fsp3) is 0.467. The zero-order chi connectivity index (χ0) is 14.4. The van der Waals surface area contributed by atoms with E-state index in [1.54, 1.807) is 12.1 Å². The number of halogens is 1. The number of likely N-dealkylation sites (tertiary alicyclic amines) is 1. The summed E-state index contributed by atoms with van der Waals surface area (Å²) in [5.41, 5.74) is 1.46. The maximum atomic E-state index is 12.0. The van der Waals surface area contributed by atoms with E-state index in [-0.39, 0.29) is 5.91 Å². The summed E-state index contributed by atoms with van der Waals surface area (Å²) in [5, 5.41) is 12.1. The molecule has 5 heteroatoms. The van der Waals surface area contributed by atoms with E-state index in [0.717, 1.165) is 36.1 Å². The maximum Gasteiger partial charge on any atom is 0.224 e. The van der Waals surface area contributed by atoms with Gasteiger partial charge in [0.15, 0.2) is 0 Å². The van der Waals surface area contributed by atoms with E-state index in [9.17, 15) is 4.79 Å². The molecule has 1 N–H and O–H groups in total. The van der Waals surface area contributed by atoms with Crippen LogP contribution in [0.25, 0.3) is 0 Å². The van der Waals surface area contributed by atoms with E-state index in [1.807, 2.05) is 11.0 Å². The van der Waals surface area contributed by atoms with Crippen LogP contribution in [0.5, 0.6) is 0 Å². The van der Waals surface area contributed by atoms with Crippen molar-refractivity contribution in [2.75, 3.05) is 25.0 Å². The Labute approximate surface area is 127 Å². The minimum Gasteiger partial charge on any atom is -0.384 e. The lowest BCUT2D eigenvalue weighted by atomic mass is 10.1. The normalized spacial score (nSPS) is 14.7. The molecule has 1 aliphatic rings. The lowest BCUT2D eigenvalue weighted by Crippen LogP contribution is -2.36. The SMILES string of the molecule is N#Cc1cc(Br)cc(NCCC(=O)N2CCCCC2)c1. The molecule has 0 radical (unpaired) electrons. The molecule has 1 fully saturated rings. The van der Waals surface area contributed by atoms with Crippen LogP contribution in [-0.2, 0) is 4.79 Å². The van der Waals surface area contributed by atoms with Crippen molar-refractivity contribution in [2.45, 2.75) is 25.7 Å². The number of carbonyl (C=O) groups excluding carboxylic acids is 1. The molecule has 0 bridgehead atoms. The second-order valence-corrected chi connectivity index (χ2v) is 5.87. The Hall–Kier alpha value is -1.54. The third-order valence-electron chi connectivity index (χ3n) is 3.40. The number of nitrogens with one attached hydrogen (secondary N) is 1. The van der Waals surface area contributed by atoms with Crippen LogP contribution in [-0.4, -0.2) is 30.4 Å². The lowest BCUT2D eigenvalue weighted by Gasteiger charge is -2.26. The third kappa shape index (κ3) is 4.24. The Morgan fingerprint density at radius 1 is 1.30 bits per heavy atom. The van der Waals surface area contributed by atoms with Crippen LogP contribution in [0, 0.1) is 11.3 Å². The van der Waals surface area contributed by atoms with Gasteiger partial charge in [0.1, 0.15) is 0 Å². The average Bonchev–Trinajstić information content (AvgIpc) is 2.47. The predicted molar refractivity (Wildman–Crippen MR) is 82.4 cm³/mol. The van der Waals surface area contributed by atoms with Gasteiger partial charge in [-0.05, 0) is 37.5 Å². The molecule has 4 nitrogen and oxygen atoms in total. The first-order chi connectivity index (χ1) is 9.69. The number of rotatable bonds is 4. The number of hydrogen-bond donors (Lipinski definition) is 1. The number of benzene rings is 1. The summed E-state index contributed by atoms with van der Waals surface area (Å²) in [7, 11) is 0. The maximum absolute atomic E-state index is 12.0. The minimum absolute atomic E-state index is 0.215. The number of nitriles is 1. The largest absolute Gasteiger partial charge is 0.384 e. The standard InChI is InChI=1S/C15H18BrN3O/c16-13-8-12(11-17)9-14(10-13)18-5-4-15(20)19-6-2-1-3-7-19/h8-10,18H,1-7H2. The molecule has 0 atom stereocenters. The highest BCUT2D eigenvalue weighted by Crippen LogP contribution is 2.19. The van der Waals surface area contributed by atoms with Crippen molar-refractivity contribution >= 4 is 27.5 Å². The van der Waals surface area contributed by atoms with Crippen molar-refractivity contribution in [3.05, 3.63) is 28.2 Å². The van der Waals surface area contributed by atoms with Crippen LogP contribution in [0.15, 0.2) is 22.7 Å². The van der Waals surface area contributed by atoms with Gasteiger partial charge in [-0.25, -0.2) is 0 Å². The van der Waals surface area contributed by atoms with Crippen molar-refractivity contribution in [1.29, 1.82) is 5.26 Å². The highest BCUT2D eigenvalue weighted by molar-refractivity contribution is 9.10. The Bertz CT molecular complexity index is 518. The van der Waals surface area contributed by atoms with Gasteiger partial charge >= 0.3 is 0 Å². The summed E-state index contributed by atoms with van der Waals surface area (Å²) in [5.74, 6) is 0.215. The zero-order valence-electron chi connectivity index (χ0n) is 11.4. The van der Waals surface area contributed by atoms with Gasteiger partial charge in [-0.15, -0.1) is 0 Å². The van der Waals surface area contributed by atoms with E-state index in [0.29, 0.717) is 18.5 Å². The van der Waals surface area contributed by atoms with Crippen molar-refractivity contribution < 1.29 is 4.79 Å². The van der Waals surface area contributed by atoms with Crippen LogP contribution in [0.1, 0.15) is 31.2 Å². The molecular formula is C15H18BrN3O. The first kappa shape index (κ1) is 14.9. The quantitative estimate of drug-likeness (QED) is 0.919. The third-order valence-corrected chi connectivity index (χ3v) is 3.86. The molecule has 0 aromatic heterocycles. The van der Waals surface area contributed by atoms with E-state index in [4.69, 9.17) is 5.26 Å².